The van der Waals surface area contributed by atoms with Crippen molar-refractivity contribution in [1.82, 2.24) is 10.2 Å². The van der Waals surface area contributed by atoms with Gasteiger partial charge in [-0.3, -0.25) is 4.99 Å². The molecule has 3 nitrogen and oxygen atoms in total. The molecule has 0 spiro atoms. The van der Waals surface area contributed by atoms with Crippen LogP contribution in [0.5, 0.6) is 0 Å². The van der Waals surface area contributed by atoms with E-state index in [9.17, 15) is 8.78 Å². The highest BCUT2D eigenvalue weighted by Gasteiger charge is 2.15. The van der Waals surface area contributed by atoms with Crippen LogP contribution in [0.25, 0.3) is 0 Å². The van der Waals surface area contributed by atoms with Gasteiger partial charge in [-0.05, 0) is 30.9 Å². The highest BCUT2D eigenvalue weighted by molar-refractivity contribution is 14.0. The third-order valence-electron chi connectivity index (χ3n) is 3.31. The molecule has 6 heteroatoms. The molecule has 0 bridgehead atoms. The molecule has 0 atom stereocenters. The van der Waals surface area contributed by atoms with Gasteiger partial charge in [-0.2, -0.15) is 0 Å². The van der Waals surface area contributed by atoms with Gasteiger partial charge in [0.15, 0.2) is 5.96 Å². The van der Waals surface area contributed by atoms with E-state index in [-0.39, 0.29) is 24.0 Å². The highest BCUT2D eigenvalue weighted by atomic mass is 127. The lowest BCUT2D eigenvalue weighted by Crippen LogP contribution is -2.40. The molecule has 0 unspecified atom stereocenters. The smallest absolute Gasteiger partial charge is 0.193 e. The van der Waals surface area contributed by atoms with Gasteiger partial charge in [-0.15, -0.1) is 24.0 Å². The number of benzene rings is 1. The molecular formula is C14H20F2IN3. The number of hydrogen-bond donors (Lipinski definition) is 1. The van der Waals surface area contributed by atoms with Crippen molar-refractivity contribution >= 4 is 29.9 Å². The Bertz CT molecular complexity index is 460. The molecule has 1 heterocycles. The van der Waals surface area contributed by atoms with Crippen LogP contribution < -0.4 is 5.32 Å². The minimum atomic E-state index is -0.540. The van der Waals surface area contributed by atoms with Gasteiger partial charge in [-0.25, -0.2) is 8.78 Å². The van der Waals surface area contributed by atoms with E-state index in [1.165, 1.54) is 25.0 Å². The average Bonchev–Trinajstić information content (AvgIpc) is 2.90. The summed E-state index contributed by atoms with van der Waals surface area (Å²) in [6, 6.07) is 3.70. The third kappa shape index (κ3) is 4.57. The lowest BCUT2D eigenvalue weighted by Gasteiger charge is -2.20. The first-order chi connectivity index (χ1) is 9.20. The number of halogens is 3. The first-order valence-electron chi connectivity index (χ1n) is 6.60. The number of rotatable bonds is 3. The fourth-order valence-corrected chi connectivity index (χ4v) is 2.29. The molecule has 0 aliphatic carbocycles. The Morgan fingerprint density at radius 2 is 2.00 bits per heavy atom. The van der Waals surface area contributed by atoms with Crippen LogP contribution in [0.4, 0.5) is 8.78 Å². The van der Waals surface area contributed by atoms with Gasteiger partial charge in [-0.1, -0.05) is 6.07 Å². The number of guanidine groups is 1. The van der Waals surface area contributed by atoms with Crippen molar-refractivity contribution in [3.63, 3.8) is 0 Å². The van der Waals surface area contributed by atoms with Crippen LogP contribution in [0.1, 0.15) is 18.4 Å². The molecule has 1 aromatic rings. The summed E-state index contributed by atoms with van der Waals surface area (Å²) in [6.45, 7) is 2.63. The molecule has 1 aromatic carbocycles. The van der Waals surface area contributed by atoms with Crippen LogP contribution in [-0.2, 0) is 6.42 Å². The quantitative estimate of drug-likeness (QED) is 0.484. The molecule has 0 radical (unpaired) electrons. The van der Waals surface area contributed by atoms with Crippen LogP contribution in [0.3, 0.4) is 0 Å². The van der Waals surface area contributed by atoms with Crippen molar-refractivity contribution in [2.24, 2.45) is 4.99 Å². The maximum absolute atomic E-state index is 13.4. The second-order valence-electron chi connectivity index (χ2n) is 4.65. The van der Waals surface area contributed by atoms with Crippen molar-refractivity contribution in [2.75, 3.05) is 26.7 Å². The lowest BCUT2D eigenvalue weighted by molar-refractivity contribution is 0.493. The number of aliphatic imine (C=N–C) groups is 1. The molecule has 0 aromatic heterocycles. The number of likely N-dealkylation sites (tertiary alicyclic amines) is 1. The Balaban J connectivity index is 0.00000200. The largest absolute Gasteiger partial charge is 0.356 e. The van der Waals surface area contributed by atoms with E-state index >= 15 is 0 Å². The van der Waals surface area contributed by atoms with Crippen molar-refractivity contribution < 1.29 is 8.78 Å². The SMILES string of the molecule is CN=C(NCCc1ccc(F)cc1F)N1CCCC1.I. The molecule has 1 aliphatic heterocycles. The van der Waals surface area contributed by atoms with E-state index < -0.39 is 11.6 Å². The topological polar surface area (TPSA) is 27.6 Å². The zero-order chi connectivity index (χ0) is 13.7. The first-order valence-corrected chi connectivity index (χ1v) is 6.60. The van der Waals surface area contributed by atoms with E-state index in [4.69, 9.17) is 0 Å². The minimum absolute atomic E-state index is 0. The molecule has 1 N–H and O–H groups in total. The summed E-state index contributed by atoms with van der Waals surface area (Å²) in [6.07, 6.45) is 2.89. The maximum Gasteiger partial charge on any atom is 0.193 e. The van der Waals surface area contributed by atoms with E-state index in [2.05, 4.69) is 15.2 Å². The van der Waals surface area contributed by atoms with Crippen LogP contribution in [0.15, 0.2) is 23.2 Å². The molecule has 1 saturated heterocycles. The van der Waals surface area contributed by atoms with E-state index in [0.717, 1.165) is 25.1 Å². The van der Waals surface area contributed by atoms with Gasteiger partial charge in [0.05, 0.1) is 0 Å². The van der Waals surface area contributed by atoms with Crippen LogP contribution >= 0.6 is 24.0 Å². The first kappa shape index (κ1) is 17.1. The molecule has 1 aliphatic rings. The van der Waals surface area contributed by atoms with E-state index in [0.29, 0.717) is 18.5 Å². The summed E-state index contributed by atoms with van der Waals surface area (Å²) in [5.41, 5.74) is 0.519. The molecule has 1 fully saturated rings. The normalized spacial score (nSPS) is 15.2. The molecule has 0 amide bonds. The Morgan fingerprint density at radius 3 is 2.60 bits per heavy atom. The Labute approximate surface area is 135 Å². The predicted molar refractivity (Wildman–Crippen MR) is 87.6 cm³/mol. The monoisotopic (exact) mass is 395 g/mol. The van der Waals surface area contributed by atoms with Crippen molar-refractivity contribution in [2.45, 2.75) is 19.3 Å². The standard InChI is InChI=1S/C14H19F2N3.HI/c1-17-14(19-8-2-3-9-19)18-7-6-11-4-5-12(15)10-13(11)16;/h4-5,10H,2-3,6-9H2,1H3,(H,17,18);1H. The lowest BCUT2D eigenvalue weighted by atomic mass is 10.1. The van der Waals surface area contributed by atoms with Crippen molar-refractivity contribution in [3.8, 4) is 0 Å². The number of nitrogens with zero attached hydrogens (tertiary/aromatic N) is 2. The number of nitrogens with one attached hydrogen (secondary N) is 1. The summed E-state index contributed by atoms with van der Waals surface area (Å²) in [5.74, 6) is -0.167. The van der Waals surface area contributed by atoms with Gasteiger partial charge in [0.2, 0.25) is 0 Å². The van der Waals surface area contributed by atoms with Gasteiger partial charge in [0.1, 0.15) is 11.6 Å². The molecule has 0 saturated carbocycles. The summed E-state index contributed by atoms with van der Waals surface area (Å²) in [5, 5.41) is 3.22. The zero-order valence-corrected chi connectivity index (χ0v) is 13.9. The van der Waals surface area contributed by atoms with Crippen LogP contribution in [-0.4, -0.2) is 37.5 Å². The highest BCUT2D eigenvalue weighted by Crippen LogP contribution is 2.10. The summed E-state index contributed by atoms with van der Waals surface area (Å²) >= 11 is 0. The van der Waals surface area contributed by atoms with Crippen LogP contribution in [0, 0.1) is 11.6 Å². The minimum Gasteiger partial charge on any atom is -0.356 e. The fourth-order valence-electron chi connectivity index (χ4n) is 2.29. The second-order valence-corrected chi connectivity index (χ2v) is 4.65. The van der Waals surface area contributed by atoms with Gasteiger partial charge >= 0.3 is 0 Å². The molecule has 2 rings (SSSR count). The van der Waals surface area contributed by atoms with Gasteiger partial charge in [0.25, 0.3) is 0 Å². The average molecular weight is 395 g/mol. The maximum atomic E-state index is 13.4. The summed E-state index contributed by atoms with van der Waals surface area (Å²) in [7, 11) is 1.75. The fraction of sp³-hybridized carbons (Fsp3) is 0.500. The van der Waals surface area contributed by atoms with Crippen LogP contribution in [0.2, 0.25) is 0 Å². The van der Waals surface area contributed by atoms with Gasteiger partial charge in [0, 0.05) is 32.7 Å². The Hall–Kier alpha value is -0.920. The second kappa shape index (κ2) is 8.39. The Morgan fingerprint density at radius 1 is 1.30 bits per heavy atom. The molecule has 20 heavy (non-hydrogen) atoms. The summed E-state index contributed by atoms with van der Waals surface area (Å²) < 4.78 is 26.2. The molecule has 112 valence electrons. The van der Waals surface area contributed by atoms with Crippen molar-refractivity contribution in [3.05, 3.63) is 35.4 Å². The van der Waals surface area contributed by atoms with Gasteiger partial charge < -0.3 is 10.2 Å². The van der Waals surface area contributed by atoms with Crippen molar-refractivity contribution in [1.29, 1.82) is 0 Å². The predicted octanol–water partition coefficient (Wildman–Crippen LogP) is 2.80. The summed E-state index contributed by atoms with van der Waals surface area (Å²) in [4.78, 5) is 6.41. The zero-order valence-electron chi connectivity index (χ0n) is 11.5. The third-order valence-corrected chi connectivity index (χ3v) is 3.31. The van der Waals surface area contributed by atoms with E-state index in [1.807, 2.05) is 0 Å². The molecular weight excluding hydrogens is 375 g/mol. The Kier molecular flexibility index (Phi) is 7.18. The number of hydrogen-bond acceptors (Lipinski definition) is 1. The van der Waals surface area contributed by atoms with E-state index in [1.54, 1.807) is 7.05 Å².